The number of amides is 2. The van der Waals surface area contributed by atoms with Crippen LogP contribution in [0.25, 0.3) is 0 Å². The number of carbonyl (C=O) groups excluding carboxylic acids is 3. The molecule has 164 valence electrons. The lowest BCUT2D eigenvalue weighted by Crippen LogP contribution is -2.49. The van der Waals surface area contributed by atoms with Gasteiger partial charge in [0.15, 0.2) is 11.7 Å². The van der Waals surface area contributed by atoms with Crippen molar-refractivity contribution in [3.05, 3.63) is 63.6 Å². The molecule has 31 heavy (non-hydrogen) atoms. The molecule has 0 bridgehead atoms. The Labute approximate surface area is 193 Å². The lowest BCUT2D eigenvalue weighted by Gasteiger charge is -2.13. The number of methoxy groups -OCH3 is 1. The Balaban J connectivity index is 1.81. The van der Waals surface area contributed by atoms with E-state index in [0.29, 0.717) is 11.7 Å². The maximum Gasteiger partial charge on any atom is 0.337 e. The Hall–Kier alpha value is -2.98. The summed E-state index contributed by atoms with van der Waals surface area (Å²) in [6.45, 7) is 3.90. The fourth-order valence-corrected chi connectivity index (χ4v) is 3.07. The van der Waals surface area contributed by atoms with Gasteiger partial charge in [0.2, 0.25) is 0 Å². The summed E-state index contributed by atoms with van der Waals surface area (Å²) in [5.74, 6) is -0.710. The van der Waals surface area contributed by atoms with Crippen molar-refractivity contribution in [2.45, 2.75) is 19.8 Å². The van der Waals surface area contributed by atoms with Crippen molar-refractivity contribution in [1.82, 2.24) is 16.2 Å². The molecule has 2 rings (SSSR count). The predicted octanol–water partition coefficient (Wildman–Crippen LogP) is 3.07. The van der Waals surface area contributed by atoms with Crippen molar-refractivity contribution in [2.24, 2.45) is 0 Å². The fraction of sp³-hybridized carbons (Fsp3) is 0.238. The maximum atomic E-state index is 12.3. The van der Waals surface area contributed by atoms with Crippen LogP contribution in [0.5, 0.6) is 5.75 Å². The van der Waals surface area contributed by atoms with E-state index in [-0.39, 0.29) is 22.8 Å². The average Bonchev–Trinajstić information content (AvgIpc) is 2.76. The molecule has 10 heteroatoms. The monoisotopic (exact) mass is 507 g/mol. The highest BCUT2D eigenvalue weighted by Crippen LogP contribution is 2.28. The topological polar surface area (TPSA) is 106 Å². The molecule has 0 heterocycles. The molecule has 0 fully saturated rings. The highest BCUT2D eigenvalue weighted by molar-refractivity contribution is 9.10. The third-order valence-electron chi connectivity index (χ3n) is 4.07. The third-order valence-corrected chi connectivity index (χ3v) is 4.89. The van der Waals surface area contributed by atoms with E-state index in [0.717, 1.165) is 10.0 Å². The summed E-state index contributed by atoms with van der Waals surface area (Å²) in [5.41, 5.74) is 6.34. The van der Waals surface area contributed by atoms with Crippen molar-refractivity contribution in [2.75, 3.05) is 13.7 Å². The quantitative estimate of drug-likeness (QED) is 0.313. The van der Waals surface area contributed by atoms with Gasteiger partial charge in [-0.2, -0.15) is 0 Å². The smallest absolute Gasteiger partial charge is 0.337 e. The van der Waals surface area contributed by atoms with Crippen LogP contribution in [-0.2, 0) is 9.53 Å². The van der Waals surface area contributed by atoms with Crippen molar-refractivity contribution >= 4 is 51.0 Å². The normalized spacial score (nSPS) is 10.2. The molecule has 0 aliphatic heterocycles. The Kier molecular flexibility index (Phi) is 8.95. The Morgan fingerprint density at radius 1 is 1.06 bits per heavy atom. The molecule has 0 aromatic heterocycles. The second kappa shape index (κ2) is 11.4. The van der Waals surface area contributed by atoms with E-state index in [2.05, 4.69) is 50.7 Å². The lowest BCUT2D eigenvalue weighted by molar-refractivity contribution is -0.123. The van der Waals surface area contributed by atoms with Crippen molar-refractivity contribution in [3.8, 4) is 5.75 Å². The van der Waals surface area contributed by atoms with Crippen molar-refractivity contribution in [1.29, 1.82) is 0 Å². The molecule has 3 N–H and O–H groups in total. The molecule has 8 nitrogen and oxygen atoms in total. The third kappa shape index (κ3) is 7.34. The molecule has 0 saturated heterocycles. The fourth-order valence-electron chi connectivity index (χ4n) is 2.41. The molecule has 2 amide bonds. The van der Waals surface area contributed by atoms with Gasteiger partial charge in [-0.15, -0.1) is 0 Å². The van der Waals surface area contributed by atoms with Crippen LogP contribution in [0.15, 0.2) is 46.9 Å². The van der Waals surface area contributed by atoms with Gasteiger partial charge in [-0.05, 0) is 70.0 Å². The molecule has 2 aromatic rings. The van der Waals surface area contributed by atoms with Crippen LogP contribution in [0.3, 0.4) is 0 Å². The number of rotatable bonds is 6. The van der Waals surface area contributed by atoms with E-state index in [1.165, 1.54) is 25.3 Å². The molecule has 0 radical (unpaired) electrons. The first-order valence-electron chi connectivity index (χ1n) is 9.22. The minimum atomic E-state index is -0.562. The maximum absolute atomic E-state index is 12.3. The lowest BCUT2D eigenvalue weighted by atomic mass is 10.0. The van der Waals surface area contributed by atoms with Crippen LogP contribution < -0.4 is 20.9 Å². The number of hydrazine groups is 1. The summed E-state index contributed by atoms with van der Waals surface area (Å²) in [6, 6.07) is 11.6. The van der Waals surface area contributed by atoms with Crippen molar-refractivity contribution < 1.29 is 23.9 Å². The van der Waals surface area contributed by atoms with Gasteiger partial charge >= 0.3 is 5.97 Å². The SMILES string of the molecule is COC(=O)c1cccc(C(=O)NC(=S)NNC(=O)COc2ccc(C(C)C)cc2Br)c1. The number of ether oxygens (including phenoxy) is 2. The van der Waals surface area contributed by atoms with Crippen LogP contribution in [0.1, 0.15) is 46.0 Å². The zero-order chi connectivity index (χ0) is 23.0. The van der Waals surface area contributed by atoms with Gasteiger partial charge < -0.3 is 9.47 Å². The average molecular weight is 508 g/mol. The van der Waals surface area contributed by atoms with Gasteiger partial charge in [-0.25, -0.2) is 4.79 Å². The van der Waals surface area contributed by atoms with E-state index in [1.54, 1.807) is 12.1 Å². The summed E-state index contributed by atoms with van der Waals surface area (Å²) in [5, 5.41) is 2.28. The largest absolute Gasteiger partial charge is 0.483 e. The first-order chi connectivity index (χ1) is 14.7. The standard InChI is InChI=1S/C21H22BrN3O5S/c1-12(2)13-7-8-17(16(22)10-13)30-11-18(26)24-25-21(31)23-19(27)14-5-4-6-15(9-14)20(28)29-3/h4-10,12H,11H2,1-3H3,(H,24,26)(H2,23,25,27,31). The van der Waals surface area contributed by atoms with Gasteiger partial charge in [-0.1, -0.05) is 26.0 Å². The molecule has 0 aliphatic rings. The number of hydrogen-bond acceptors (Lipinski definition) is 6. The first-order valence-corrected chi connectivity index (χ1v) is 10.4. The second-order valence-corrected chi connectivity index (χ2v) is 7.92. The number of benzene rings is 2. The van der Waals surface area contributed by atoms with E-state index >= 15 is 0 Å². The van der Waals surface area contributed by atoms with Crippen LogP contribution in [0.4, 0.5) is 0 Å². The number of thiocarbonyl (C=S) groups is 1. The van der Waals surface area contributed by atoms with Crippen LogP contribution in [0, 0.1) is 0 Å². The van der Waals surface area contributed by atoms with Gasteiger partial charge in [0, 0.05) is 5.56 Å². The Morgan fingerprint density at radius 3 is 2.42 bits per heavy atom. The minimum Gasteiger partial charge on any atom is -0.483 e. The van der Waals surface area contributed by atoms with E-state index < -0.39 is 17.8 Å². The summed E-state index contributed by atoms with van der Waals surface area (Å²) >= 11 is 8.42. The van der Waals surface area contributed by atoms with Crippen LogP contribution in [0.2, 0.25) is 0 Å². The minimum absolute atomic E-state index is 0.121. The summed E-state index contributed by atoms with van der Waals surface area (Å²) in [6.07, 6.45) is 0. The number of nitrogens with one attached hydrogen (secondary N) is 3. The summed E-state index contributed by atoms with van der Waals surface area (Å²) in [4.78, 5) is 35.8. The predicted molar refractivity (Wildman–Crippen MR) is 123 cm³/mol. The number of esters is 1. The molecule has 0 saturated carbocycles. The molecule has 2 aromatic carbocycles. The van der Waals surface area contributed by atoms with E-state index in [9.17, 15) is 14.4 Å². The van der Waals surface area contributed by atoms with Gasteiger partial charge in [0.25, 0.3) is 11.8 Å². The van der Waals surface area contributed by atoms with Gasteiger partial charge in [-0.3, -0.25) is 25.8 Å². The molecular formula is C21H22BrN3O5S. The highest BCUT2D eigenvalue weighted by Gasteiger charge is 2.13. The summed E-state index contributed by atoms with van der Waals surface area (Å²) in [7, 11) is 1.25. The van der Waals surface area contributed by atoms with Crippen LogP contribution >= 0.6 is 28.1 Å². The highest BCUT2D eigenvalue weighted by atomic mass is 79.9. The van der Waals surface area contributed by atoms with Crippen molar-refractivity contribution in [3.63, 3.8) is 0 Å². The second-order valence-electron chi connectivity index (χ2n) is 6.66. The Morgan fingerprint density at radius 2 is 1.77 bits per heavy atom. The van der Waals surface area contributed by atoms with Gasteiger partial charge in [0.1, 0.15) is 5.75 Å². The molecular weight excluding hydrogens is 486 g/mol. The molecule has 0 unspecified atom stereocenters. The van der Waals surface area contributed by atoms with E-state index in [4.69, 9.17) is 17.0 Å². The first kappa shape index (κ1) is 24.3. The molecule has 0 spiro atoms. The number of carbonyl (C=O) groups is 3. The zero-order valence-electron chi connectivity index (χ0n) is 17.2. The number of halogens is 1. The Bertz CT molecular complexity index is 997. The summed E-state index contributed by atoms with van der Waals surface area (Å²) < 4.78 is 10.9. The molecule has 0 atom stereocenters. The van der Waals surface area contributed by atoms with E-state index in [1.807, 2.05) is 12.1 Å². The number of hydrogen-bond donors (Lipinski definition) is 3. The zero-order valence-corrected chi connectivity index (χ0v) is 19.6. The van der Waals surface area contributed by atoms with Crippen LogP contribution in [-0.4, -0.2) is 36.6 Å². The molecule has 0 aliphatic carbocycles. The van der Waals surface area contributed by atoms with Gasteiger partial charge in [0.05, 0.1) is 17.1 Å².